The zero-order valence-electron chi connectivity index (χ0n) is 14.4. The number of carbonyl (C=O) groups is 2. The fourth-order valence-electron chi connectivity index (χ4n) is 3.26. The Morgan fingerprint density at radius 1 is 1.20 bits per heavy atom. The first kappa shape index (κ1) is 17.1. The van der Waals surface area contributed by atoms with Crippen molar-refractivity contribution in [2.75, 3.05) is 6.54 Å². The van der Waals surface area contributed by atoms with Gasteiger partial charge in [0.15, 0.2) is 0 Å². The van der Waals surface area contributed by atoms with E-state index in [1.54, 1.807) is 17.3 Å². The number of amides is 2. The second-order valence-corrected chi connectivity index (χ2v) is 6.60. The van der Waals surface area contributed by atoms with Crippen molar-refractivity contribution in [1.29, 1.82) is 0 Å². The molecule has 1 aliphatic heterocycles. The summed E-state index contributed by atoms with van der Waals surface area (Å²) in [6.07, 6.45) is 5.16. The van der Waals surface area contributed by atoms with Crippen LogP contribution in [0.25, 0.3) is 0 Å². The number of rotatable bonds is 6. The SMILES string of the molecule is C[C@@]1(C(=O)NCc2cccnc2)CCC(=O)N1CCc1ccccc1. The van der Waals surface area contributed by atoms with E-state index in [4.69, 9.17) is 0 Å². The van der Waals surface area contributed by atoms with Gasteiger partial charge in [-0.3, -0.25) is 14.6 Å². The number of hydrogen-bond donors (Lipinski definition) is 1. The molecule has 0 aliphatic carbocycles. The van der Waals surface area contributed by atoms with Crippen LogP contribution in [-0.2, 0) is 22.6 Å². The van der Waals surface area contributed by atoms with E-state index >= 15 is 0 Å². The van der Waals surface area contributed by atoms with Crippen molar-refractivity contribution >= 4 is 11.8 Å². The first-order valence-corrected chi connectivity index (χ1v) is 8.61. The average Bonchev–Trinajstić information content (AvgIpc) is 2.95. The van der Waals surface area contributed by atoms with Crippen LogP contribution in [0.5, 0.6) is 0 Å². The van der Waals surface area contributed by atoms with Gasteiger partial charge in [-0.1, -0.05) is 36.4 Å². The van der Waals surface area contributed by atoms with E-state index in [0.29, 0.717) is 25.9 Å². The second kappa shape index (κ2) is 7.47. The van der Waals surface area contributed by atoms with E-state index in [1.807, 2.05) is 49.4 Å². The van der Waals surface area contributed by atoms with Gasteiger partial charge in [0.1, 0.15) is 5.54 Å². The molecule has 1 N–H and O–H groups in total. The Morgan fingerprint density at radius 2 is 1.96 bits per heavy atom. The Kier molecular flexibility index (Phi) is 5.12. The van der Waals surface area contributed by atoms with Gasteiger partial charge >= 0.3 is 0 Å². The van der Waals surface area contributed by atoms with Gasteiger partial charge in [0, 0.05) is 31.9 Å². The van der Waals surface area contributed by atoms with E-state index in [1.165, 1.54) is 5.56 Å². The molecule has 5 nitrogen and oxygen atoms in total. The number of nitrogens with zero attached hydrogens (tertiary/aromatic N) is 2. The number of aromatic nitrogens is 1. The summed E-state index contributed by atoms with van der Waals surface area (Å²) in [6.45, 7) is 2.84. The molecule has 3 rings (SSSR count). The van der Waals surface area contributed by atoms with Crippen molar-refractivity contribution < 1.29 is 9.59 Å². The molecule has 1 aromatic carbocycles. The number of hydrogen-bond acceptors (Lipinski definition) is 3. The summed E-state index contributed by atoms with van der Waals surface area (Å²) in [4.78, 5) is 30.9. The molecule has 1 atom stereocenters. The molecule has 2 amide bonds. The third-order valence-electron chi connectivity index (χ3n) is 4.85. The van der Waals surface area contributed by atoms with Gasteiger partial charge in [0.2, 0.25) is 11.8 Å². The maximum atomic E-state index is 12.8. The van der Waals surface area contributed by atoms with Crippen molar-refractivity contribution in [3.8, 4) is 0 Å². The van der Waals surface area contributed by atoms with Crippen molar-refractivity contribution in [3.05, 3.63) is 66.0 Å². The van der Waals surface area contributed by atoms with Gasteiger partial charge in [0.05, 0.1) is 0 Å². The van der Waals surface area contributed by atoms with Crippen molar-refractivity contribution in [3.63, 3.8) is 0 Å². The summed E-state index contributed by atoms with van der Waals surface area (Å²) >= 11 is 0. The minimum absolute atomic E-state index is 0.0509. The Bertz CT molecular complexity index is 733. The maximum absolute atomic E-state index is 12.8. The van der Waals surface area contributed by atoms with Crippen LogP contribution in [0.1, 0.15) is 30.9 Å². The summed E-state index contributed by atoms with van der Waals surface area (Å²) in [5.41, 5.74) is 1.33. The van der Waals surface area contributed by atoms with Crippen molar-refractivity contribution in [2.24, 2.45) is 0 Å². The third-order valence-corrected chi connectivity index (χ3v) is 4.85. The summed E-state index contributed by atoms with van der Waals surface area (Å²) in [6, 6.07) is 13.8. The highest BCUT2D eigenvalue weighted by atomic mass is 16.2. The lowest BCUT2D eigenvalue weighted by molar-refractivity contribution is -0.140. The standard InChI is InChI=1S/C20H23N3O2/c1-20(19(25)22-15-17-8-5-12-21-14-17)11-9-18(24)23(20)13-10-16-6-3-2-4-7-16/h2-8,12,14H,9-11,13,15H2,1H3,(H,22,25)/t20-/m0/s1. The van der Waals surface area contributed by atoms with E-state index in [-0.39, 0.29) is 11.8 Å². The van der Waals surface area contributed by atoms with Crippen LogP contribution < -0.4 is 5.32 Å². The average molecular weight is 337 g/mol. The van der Waals surface area contributed by atoms with Crippen LogP contribution in [0.2, 0.25) is 0 Å². The van der Waals surface area contributed by atoms with Crippen LogP contribution in [0.3, 0.4) is 0 Å². The normalized spacial score (nSPS) is 19.9. The highest BCUT2D eigenvalue weighted by molar-refractivity contribution is 5.94. The minimum atomic E-state index is -0.784. The molecule has 5 heteroatoms. The molecule has 1 saturated heterocycles. The van der Waals surface area contributed by atoms with Gasteiger partial charge < -0.3 is 10.2 Å². The van der Waals surface area contributed by atoms with E-state index in [0.717, 1.165) is 12.0 Å². The van der Waals surface area contributed by atoms with Crippen LogP contribution in [-0.4, -0.2) is 33.8 Å². The first-order chi connectivity index (χ1) is 12.1. The van der Waals surface area contributed by atoms with E-state index < -0.39 is 5.54 Å². The Labute approximate surface area is 148 Å². The summed E-state index contributed by atoms with van der Waals surface area (Å²) < 4.78 is 0. The lowest BCUT2D eigenvalue weighted by atomic mass is 9.97. The number of pyridine rings is 1. The summed E-state index contributed by atoms with van der Waals surface area (Å²) in [5, 5.41) is 2.96. The van der Waals surface area contributed by atoms with Gasteiger partial charge in [-0.05, 0) is 37.0 Å². The van der Waals surface area contributed by atoms with Crippen LogP contribution in [0.15, 0.2) is 54.9 Å². The fourth-order valence-corrected chi connectivity index (χ4v) is 3.26. The number of benzene rings is 1. The molecule has 1 aromatic heterocycles. The molecule has 0 unspecified atom stereocenters. The maximum Gasteiger partial charge on any atom is 0.245 e. The molecule has 0 bridgehead atoms. The first-order valence-electron chi connectivity index (χ1n) is 8.61. The molecule has 130 valence electrons. The number of likely N-dealkylation sites (tertiary alicyclic amines) is 1. The number of carbonyl (C=O) groups excluding carboxylic acids is 2. The van der Waals surface area contributed by atoms with Gasteiger partial charge in [-0.15, -0.1) is 0 Å². The van der Waals surface area contributed by atoms with Gasteiger partial charge in [-0.2, -0.15) is 0 Å². The zero-order valence-corrected chi connectivity index (χ0v) is 14.4. The topological polar surface area (TPSA) is 62.3 Å². The Hall–Kier alpha value is -2.69. The minimum Gasteiger partial charge on any atom is -0.350 e. The molecule has 25 heavy (non-hydrogen) atoms. The molecule has 1 fully saturated rings. The quantitative estimate of drug-likeness (QED) is 0.880. The number of nitrogens with one attached hydrogen (secondary N) is 1. The highest BCUT2D eigenvalue weighted by Gasteiger charge is 2.46. The van der Waals surface area contributed by atoms with Crippen molar-refractivity contribution in [2.45, 2.75) is 38.3 Å². The molecule has 2 heterocycles. The van der Waals surface area contributed by atoms with E-state index in [2.05, 4.69) is 10.3 Å². The fraction of sp³-hybridized carbons (Fsp3) is 0.350. The lowest BCUT2D eigenvalue weighted by Gasteiger charge is -2.34. The Morgan fingerprint density at radius 3 is 2.68 bits per heavy atom. The van der Waals surface area contributed by atoms with Gasteiger partial charge in [-0.25, -0.2) is 0 Å². The molecule has 2 aromatic rings. The molecule has 0 radical (unpaired) electrons. The lowest BCUT2D eigenvalue weighted by Crippen LogP contribution is -2.54. The van der Waals surface area contributed by atoms with Crippen LogP contribution in [0, 0.1) is 0 Å². The van der Waals surface area contributed by atoms with Crippen LogP contribution in [0.4, 0.5) is 0 Å². The Balaban J connectivity index is 1.64. The zero-order chi connectivity index (χ0) is 17.7. The molecule has 0 spiro atoms. The molecule has 0 saturated carbocycles. The predicted molar refractivity (Wildman–Crippen MR) is 95.6 cm³/mol. The predicted octanol–water partition coefficient (Wildman–Crippen LogP) is 2.32. The second-order valence-electron chi connectivity index (χ2n) is 6.60. The van der Waals surface area contributed by atoms with E-state index in [9.17, 15) is 9.59 Å². The van der Waals surface area contributed by atoms with Crippen LogP contribution >= 0.6 is 0 Å². The van der Waals surface area contributed by atoms with Crippen molar-refractivity contribution in [1.82, 2.24) is 15.2 Å². The highest BCUT2D eigenvalue weighted by Crippen LogP contribution is 2.30. The smallest absolute Gasteiger partial charge is 0.245 e. The summed E-state index contributed by atoms with van der Waals surface area (Å²) in [5.74, 6) is -0.0507. The van der Waals surface area contributed by atoms with Gasteiger partial charge in [0.25, 0.3) is 0 Å². The monoisotopic (exact) mass is 337 g/mol. The molecule has 1 aliphatic rings. The summed E-state index contributed by atoms with van der Waals surface area (Å²) in [7, 11) is 0. The largest absolute Gasteiger partial charge is 0.350 e. The molecular weight excluding hydrogens is 314 g/mol. The molecular formula is C20H23N3O2. The third kappa shape index (κ3) is 3.87.